The third-order valence-corrected chi connectivity index (χ3v) is 4.67. The van der Waals surface area contributed by atoms with Crippen molar-refractivity contribution in [1.29, 1.82) is 0 Å². The Bertz CT molecular complexity index is 265. The lowest BCUT2D eigenvalue weighted by Crippen LogP contribution is -2.49. The van der Waals surface area contributed by atoms with Crippen LogP contribution in [0.2, 0.25) is 0 Å². The lowest BCUT2D eigenvalue weighted by atomic mass is 9.68. The van der Waals surface area contributed by atoms with Crippen molar-refractivity contribution in [3.63, 3.8) is 0 Å². The summed E-state index contributed by atoms with van der Waals surface area (Å²) in [4.78, 5) is 0. The molecule has 0 spiro atoms. The van der Waals surface area contributed by atoms with Crippen molar-refractivity contribution >= 4 is 0 Å². The molecular formula is C17H35NO2. The molecule has 0 saturated heterocycles. The molecule has 1 unspecified atom stereocenters. The number of rotatable bonds is 7. The van der Waals surface area contributed by atoms with Crippen LogP contribution in [0.15, 0.2) is 0 Å². The van der Waals surface area contributed by atoms with E-state index in [1.807, 2.05) is 0 Å². The van der Waals surface area contributed by atoms with Gasteiger partial charge in [0, 0.05) is 13.7 Å². The van der Waals surface area contributed by atoms with Crippen molar-refractivity contribution in [2.75, 3.05) is 26.8 Å². The second-order valence-electron chi connectivity index (χ2n) is 7.49. The Morgan fingerprint density at radius 3 is 2.30 bits per heavy atom. The van der Waals surface area contributed by atoms with Gasteiger partial charge in [0.25, 0.3) is 0 Å². The van der Waals surface area contributed by atoms with E-state index in [1.165, 1.54) is 12.8 Å². The Morgan fingerprint density at radius 1 is 1.25 bits per heavy atom. The van der Waals surface area contributed by atoms with Crippen molar-refractivity contribution in [1.82, 2.24) is 5.32 Å². The van der Waals surface area contributed by atoms with Crippen molar-refractivity contribution in [2.45, 2.75) is 72.0 Å². The summed E-state index contributed by atoms with van der Waals surface area (Å²) in [6.07, 6.45) is 5.04. The van der Waals surface area contributed by atoms with Crippen LogP contribution in [0.5, 0.6) is 0 Å². The van der Waals surface area contributed by atoms with Crippen LogP contribution in [0.4, 0.5) is 0 Å². The highest BCUT2D eigenvalue weighted by molar-refractivity contribution is 4.92. The van der Waals surface area contributed by atoms with Gasteiger partial charge in [0.05, 0.1) is 18.3 Å². The molecular weight excluding hydrogens is 250 g/mol. The number of hydrogen-bond acceptors (Lipinski definition) is 3. The fourth-order valence-electron chi connectivity index (χ4n) is 3.39. The van der Waals surface area contributed by atoms with E-state index in [-0.39, 0.29) is 11.7 Å². The molecule has 0 radical (unpaired) electrons. The minimum atomic E-state index is 0.00963. The number of ether oxygens (including phenoxy) is 2. The predicted molar refractivity (Wildman–Crippen MR) is 85.1 cm³/mol. The summed E-state index contributed by atoms with van der Waals surface area (Å²) < 4.78 is 11.6. The molecule has 1 fully saturated rings. The maximum absolute atomic E-state index is 6.39. The van der Waals surface area contributed by atoms with E-state index in [0.29, 0.717) is 12.0 Å². The standard InChI is InChI=1S/C17H35NO2/c1-7-18-13-17(20-14(2)12-19-6)10-8-15(9-11-17)16(3,4)5/h14-15,18H,7-13H2,1-6H3. The molecule has 3 nitrogen and oxygen atoms in total. The molecule has 0 amide bonds. The maximum Gasteiger partial charge on any atom is 0.0811 e. The van der Waals surface area contributed by atoms with E-state index >= 15 is 0 Å². The molecule has 1 saturated carbocycles. The summed E-state index contributed by atoms with van der Waals surface area (Å²) in [6.45, 7) is 14.0. The quantitative estimate of drug-likeness (QED) is 0.775. The molecule has 1 atom stereocenters. The molecule has 0 aliphatic heterocycles. The summed E-state index contributed by atoms with van der Waals surface area (Å²) in [5, 5.41) is 3.49. The van der Waals surface area contributed by atoms with E-state index in [0.717, 1.165) is 31.8 Å². The van der Waals surface area contributed by atoms with Gasteiger partial charge in [-0.3, -0.25) is 0 Å². The molecule has 1 N–H and O–H groups in total. The highest BCUT2D eigenvalue weighted by Gasteiger charge is 2.40. The first-order chi connectivity index (χ1) is 9.33. The first kappa shape index (κ1) is 17.9. The van der Waals surface area contributed by atoms with Crippen LogP contribution in [0.1, 0.15) is 60.3 Å². The molecule has 0 bridgehead atoms. The summed E-state index contributed by atoms with van der Waals surface area (Å²) in [5.41, 5.74) is 0.429. The van der Waals surface area contributed by atoms with Crippen LogP contribution in [0.25, 0.3) is 0 Å². The van der Waals surface area contributed by atoms with Crippen LogP contribution in [-0.2, 0) is 9.47 Å². The third kappa shape index (κ3) is 5.34. The fourth-order valence-corrected chi connectivity index (χ4v) is 3.39. The molecule has 1 rings (SSSR count). The van der Waals surface area contributed by atoms with Crippen molar-refractivity contribution < 1.29 is 9.47 Å². The average molecular weight is 285 g/mol. The lowest BCUT2D eigenvalue weighted by Gasteiger charge is -2.45. The summed E-state index contributed by atoms with van der Waals surface area (Å²) in [5.74, 6) is 0.818. The zero-order chi connectivity index (χ0) is 15.2. The highest BCUT2D eigenvalue weighted by Crippen LogP contribution is 2.43. The molecule has 120 valence electrons. The SMILES string of the molecule is CCNCC1(OC(C)COC)CCC(C(C)(C)C)CC1. The van der Waals surface area contributed by atoms with Crippen molar-refractivity contribution in [3.8, 4) is 0 Å². The zero-order valence-electron chi connectivity index (χ0n) is 14.4. The van der Waals surface area contributed by atoms with Crippen LogP contribution >= 0.6 is 0 Å². The van der Waals surface area contributed by atoms with Gasteiger partial charge in [-0.2, -0.15) is 0 Å². The smallest absolute Gasteiger partial charge is 0.0811 e. The summed E-state index contributed by atoms with van der Waals surface area (Å²) in [6, 6.07) is 0. The molecule has 3 heteroatoms. The van der Waals surface area contributed by atoms with E-state index in [9.17, 15) is 0 Å². The Balaban J connectivity index is 2.62. The zero-order valence-corrected chi connectivity index (χ0v) is 14.4. The first-order valence-electron chi connectivity index (χ1n) is 8.20. The summed E-state index contributed by atoms with van der Waals surface area (Å²) in [7, 11) is 1.74. The Morgan fingerprint density at radius 2 is 1.85 bits per heavy atom. The predicted octanol–water partition coefficient (Wildman–Crippen LogP) is 3.62. The molecule has 0 aromatic rings. The summed E-state index contributed by atoms with van der Waals surface area (Å²) >= 11 is 0. The lowest BCUT2D eigenvalue weighted by molar-refractivity contribution is -0.132. The molecule has 0 heterocycles. The van der Waals surface area contributed by atoms with Gasteiger partial charge < -0.3 is 14.8 Å². The molecule has 0 aromatic carbocycles. The average Bonchev–Trinajstić information content (AvgIpc) is 2.36. The molecule has 1 aliphatic carbocycles. The van der Waals surface area contributed by atoms with Gasteiger partial charge in [0.2, 0.25) is 0 Å². The Kier molecular flexibility index (Phi) is 6.96. The van der Waals surface area contributed by atoms with Gasteiger partial charge in [-0.25, -0.2) is 0 Å². The van der Waals surface area contributed by atoms with Gasteiger partial charge >= 0.3 is 0 Å². The van der Waals surface area contributed by atoms with Gasteiger partial charge in [-0.1, -0.05) is 27.7 Å². The minimum Gasteiger partial charge on any atom is -0.382 e. The molecule has 20 heavy (non-hydrogen) atoms. The van der Waals surface area contributed by atoms with Crippen LogP contribution < -0.4 is 5.32 Å². The van der Waals surface area contributed by atoms with Gasteiger partial charge in [-0.05, 0) is 50.5 Å². The van der Waals surface area contributed by atoms with Gasteiger partial charge in [-0.15, -0.1) is 0 Å². The second kappa shape index (κ2) is 7.77. The third-order valence-electron chi connectivity index (χ3n) is 4.67. The number of likely N-dealkylation sites (N-methyl/N-ethyl adjacent to an activating group) is 1. The van der Waals surface area contributed by atoms with Crippen LogP contribution in [0.3, 0.4) is 0 Å². The Hall–Kier alpha value is -0.120. The monoisotopic (exact) mass is 285 g/mol. The Labute approximate surface area is 125 Å². The normalized spacial score (nSPS) is 29.4. The van der Waals surface area contributed by atoms with E-state index < -0.39 is 0 Å². The number of hydrogen-bond donors (Lipinski definition) is 1. The minimum absolute atomic E-state index is 0.00963. The number of methoxy groups -OCH3 is 1. The van der Waals surface area contributed by atoms with Crippen molar-refractivity contribution in [3.05, 3.63) is 0 Å². The largest absolute Gasteiger partial charge is 0.382 e. The van der Waals surface area contributed by atoms with E-state index in [2.05, 4.69) is 39.9 Å². The van der Waals surface area contributed by atoms with E-state index in [4.69, 9.17) is 9.47 Å². The van der Waals surface area contributed by atoms with Crippen molar-refractivity contribution in [2.24, 2.45) is 11.3 Å². The molecule has 0 aromatic heterocycles. The van der Waals surface area contributed by atoms with Gasteiger partial charge in [0.1, 0.15) is 0 Å². The van der Waals surface area contributed by atoms with E-state index in [1.54, 1.807) is 7.11 Å². The number of nitrogens with one attached hydrogen (secondary N) is 1. The second-order valence-corrected chi connectivity index (χ2v) is 7.49. The first-order valence-corrected chi connectivity index (χ1v) is 8.20. The fraction of sp³-hybridized carbons (Fsp3) is 1.00. The van der Waals surface area contributed by atoms with Crippen LogP contribution in [-0.4, -0.2) is 38.5 Å². The highest BCUT2D eigenvalue weighted by atomic mass is 16.5. The van der Waals surface area contributed by atoms with Crippen LogP contribution in [0, 0.1) is 11.3 Å². The topological polar surface area (TPSA) is 30.5 Å². The maximum atomic E-state index is 6.39. The molecule has 1 aliphatic rings. The van der Waals surface area contributed by atoms with Gasteiger partial charge in [0.15, 0.2) is 0 Å².